The Morgan fingerprint density at radius 2 is 2.15 bits per heavy atom. The number of ether oxygens (including phenoxy) is 1. The highest BCUT2D eigenvalue weighted by atomic mass is 35.5. The molecule has 0 radical (unpaired) electrons. The maximum atomic E-state index is 12.6. The van der Waals surface area contributed by atoms with Crippen LogP contribution in [0.5, 0.6) is 0 Å². The monoisotopic (exact) mass is 323 g/mol. The van der Waals surface area contributed by atoms with Gasteiger partial charge < -0.3 is 4.74 Å². The van der Waals surface area contributed by atoms with E-state index in [0.717, 1.165) is 0 Å². The summed E-state index contributed by atoms with van der Waals surface area (Å²) in [6.07, 6.45) is 0. The number of esters is 1. The SMILES string of the molecule is CCOC(=O)c1c(CCl)ccc(C#N)c1SC(F)(F)F. The van der Waals surface area contributed by atoms with Crippen molar-refractivity contribution in [2.24, 2.45) is 0 Å². The van der Waals surface area contributed by atoms with Crippen LogP contribution in [0.15, 0.2) is 17.0 Å². The van der Waals surface area contributed by atoms with Gasteiger partial charge in [-0.05, 0) is 30.3 Å². The predicted octanol–water partition coefficient (Wildman–Crippen LogP) is 4.09. The minimum absolute atomic E-state index is 0.00741. The van der Waals surface area contributed by atoms with Crippen molar-refractivity contribution in [1.29, 1.82) is 5.26 Å². The Hall–Kier alpha value is -1.39. The first kappa shape index (κ1) is 16.7. The maximum Gasteiger partial charge on any atom is 0.446 e. The second kappa shape index (κ2) is 6.86. The normalized spacial score (nSPS) is 11.0. The van der Waals surface area contributed by atoms with E-state index in [4.69, 9.17) is 21.6 Å². The molecule has 0 aromatic heterocycles. The van der Waals surface area contributed by atoms with Gasteiger partial charge in [0.2, 0.25) is 0 Å². The summed E-state index contributed by atoms with van der Waals surface area (Å²) >= 11 is 5.11. The lowest BCUT2D eigenvalue weighted by atomic mass is 10.1. The summed E-state index contributed by atoms with van der Waals surface area (Å²) in [5.41, 5.74) is -4.99. The molecule has 0 unspecified atom stereocenters. The van der Waals surface area contributed by atoms with Gasteiger partial charge in [-0.15, -0.1) is 11.6 Å². The van der Waals surface area contributed by atoms with Gasteiger partial charge in [0.25, 0.3) is 0 Å². The zero-order valence-corrected chi connectivity index (χ0v) is 11.8. The minimum Gasteiger partial charge on any atom is -0.462 e. The van der Waals surface area contributed by atoms with Gasteiger partial charge in [-0.25, -0.2) is 4.79 Å². The molecule has 0 spiro atoms. The van der Waals surface area contributed by atoms with E-state index in [9.17, 15) is 18.0 Å². The quantitative estimate of drug-likeness (QED) is 0.476. The third-order valence-electron chi connectivity index (χ3n) is 2.21. The predicted molar refractivity (Wildman–Crippen MR) is 68.6 cm³/mol. The molecule has 1 rings (SSSR count). The molecule has 0 bridgehead atoms. The van der Waals surface area contributed by atoms with Crippen LogP contribution < -0.4 is 0 Å². The molecule has 1 aromatic carbocycles. The molecule has 1 aromatic rings. The van der Waals surface area contributed by atoms with Crippen molar-refractivity contribution in [3.05, 3.63) is 28.8 Å². The van der Waals surface area contributed by atoms with Gasteiger partial charge in [0, 0.05) is 10.8 Å². The van der Waals surface area contributed by atoms with Crippen molar-refractivity contribution in [2.75, 3.05) is 6.61 Å². The van der Waals surface area contributed by atoms with Crippen molar-refractivity contribution < 1.29 is 22.7 Å². The summed E-state index contributed by atoms with van der Waals surface area (Å²) in [7, 11) is 0. The highest BCUT2D eigenvalue weighted by Crippen LogP contribution is 2.41. The van der Waals surface area contributed by atoms with E-state index in [2.05, 4.69) is 0 Å². The van der Waals surface area contributed by atoms with Crippen LogP contribution >= 0.6 is 23.4 Å². The number of nitrogens with zero attached hydrogens (tertiary/aromatic N) is 1. The van der Waals surface area contributed by atoms with Crippen molar-refractivity contribution in [1.82, 2.24) is 0 Å². The van der Waals surface area contributed by atoms with Crippen LogP contribution in [-0.4, -0.2) is 18.1 Å². The summed E-state index contributed by atoms with van der Waals surface area (Å²) < 4.78 is 42.5. The molecule has 3 nitrogen and oxygen atoms in total. The molecular formula is C12H9ClF3NO2S. The zero-order chi connectivity index (χ0) is 15.3. The fourth-order valence-electron chi connectivity index (χ4n) is 1.47. The van der Waals surface area contributed by atoms with E-state index in [1.165, 1.54) is 19.1 Å². The number of halogens is 4. The molecule has 0 aliphatic carbocycles. The molecule has 0 saturated carbocycles. The fraction of sp³-hybridized carbons (Fsp3) is 0.333. The Kier molecular flexibility index (Phi) is 5.72. The average Bonchev–Trinajstić information content (AvgIpc) is 2.36. The number of hydrogen-bond donors (Lipinski definition) is 0. The largest absolute Gasteiger partial charge is 0.462 e. The molecule has 0 aliphatic heterocycles. The molecule has 0 heterocycles. The standard InChI is InChI=1S/C12H9ClF3NO2S/c1-2-19-11(18)9-7(5-13)3-4-8(6-17)10(9)20-12(14,15)16/h3-4H,2,5H2,1H3. The molecule has 0 saturated heterocycles. The molecule has 0 fully saturated rings. The van der Waals surface area contributed by atoms with E-state index in [1.807, 2.05) is 0 Å². The van der Waals surface area contributed by atoms with Crippen molar-refractivity contribution >= 4 is 29.3 Å². The van der Waals surface area contributed by atoms with Crippen LogP contribution in [0.25, 0.3) is 0 Å². The Labute approximate surface area is 122 Å². The van der Waals surface area contributed by atoms with Crippen LogP contribution in [0, 0.1) is 11.3 Å². The second-order valence-electron chi connectivity index (χ2n) is 3.49. The van der Waals surface area contributed by atoms with E-state index in [1.54, 1.807) is 6.07 Å². The number of alkyl halides is 4. The number of thioether (sulfide) groups is 1. The molecule has 20 heavy (non-hydrogen) atoms. The van der Waals surface area contributed by atoms with Gasteiger partial charge in [0.15, 0.2) is 0 Å². The summed E-state index contributed by atoms with van der Waals surface area (Å²) in [4.78, 5) is 11.4. The molecule has 0 N–H and O–H groups in total. The van der Waals surface area contributed by atoms with Crippen LogP contribution in [0.1, 0.15) is 28.4 Å². The van der Waals surface area contributed by atoms with Crippen molar-refractivity contribution in [2.45, 2.75) is 23.2 Å². The number of nitriles is 1. The maximum absolute atomic E-state index is 12.6. The van der Waals surface area contributed by atoms with E-state index < -0.39 is 28.1 Å². The number of carbonyl (C=O) groups is 1. The van der Waals surface area contributed by atoms with Gasteiger partial charge in [-0.1, -0.05) is 6.07 Å². The Balaban J connectivity index is 3.49. The van der Waals surface area contributed by atoms with Gasteiger partial charge >= 0.3 is 11.5 Å². The number of benzene rings is 1. The summed E-state index contributed by atoms with van der Waals surface area (Å²) in [5.74, 6) is -1.09. The first-order valence-electron chi connectivity index (χ1n) is 5.38. The first-order valence-corrected chi connectivity index (χ1v) is 6.74. The van der Waals surface area contributed by atoms with Crippen LogP contribution in [0.4, 0.5) is 13.2 Å². The Bertz CT molecular complexity index is 555. The number of rotatable bonds is 4. The third kappa shape index (κ3) is 4.05. The van der Waals surface area contributed by atoms with E-state index in [0.29, 0.717) is 0 Å². The second-order valence-corrected chi connectivity index (χ2v) is 4.83. The number of carbonyl (C=O) groups excluding carboxylic acids is 1. The number of hydrogen-bond acceptors (Lipinski definition) is 4. The summed E-state index contributed by atoms with van der Waals surface area (Å²) in [6, 6.07) is 4.18. The van der Waals surface area contributed by atoms with Gasteiger partial charge in [0.05, 0.1) is 17.7 Å². The minimum atomic E-state index is -4.63. The highest BCUT2D eigenvalue weighted by Gasteiger charge is 2.34. The van der Waals surface area contributed by atoms with Crippen LogP contribution in [-0.2, 0) is 10.6 Å². The molecule has 8 heteroatoms. The van der Waals surface area contributed by atoms with Gasteiger partial charge in [-0.2, -0.15) is 18.4 Å². The topological polar surface area (TPSA) is 50.1 Å². The smallest absolute Gasteiger partial charge is 0.446 e. The van der Waals surface area contributed by atoms with Crippen LogP contribution in [0.2, 0.25) is 0 Å². The molecular weight excluding hydrogens is 315 g/mol. The van der Waals surface area contributed by atoms with Crippen molar-refractivity contribution in [3.63, 3.8) is 0 Å². The lowest BCUT2D eigenvalue weighted by Crippen LogP contribution is -2.12. The fourth-order valence-corrected chi connectivity index (χ4v) is 2.47. The molecule has 0 amide bonds. The third-order valence-corrected chi connectivity index (χ3v) is 3.35. The molecule has 108 valence electrons. The lowest BCUT2D eigenvalue weighted by Gasteiger charge is -2.14. The Morgan fingerprint density at radius 1 is 1.50 bits per heavy atom. The van der Waals surface area contributed by atoms with Gasteiger partial charge in [0.1, 0.15) is 6.07 Å². The van der Waals surface area contributed by atoms with Crippen LogP contribution in [0.3, 0.4) is 0 Å². The van der Waals surface area contributed by atoms with Crippen molar-refractivity contribution in [3.8, 4) is 6.07 Å². The lowest BCUT2D eigenvalue weighted by molar-refractivity contribution is -0.0328. The first-order chi connectivity index (χ1) is 9.34. The summed E-state index contributed by atoms with van der Waals surface area (Å²) in [6.45, 7) is 1.54. The zero-order valence-electron chi connectivity index (χ0n) is 10.3. The van der Waals surface area contributed by atoms with Gasteiger partial charge in [-0.3, -0.25) is 0 Å². The highest BCUT2D eigenvalue weighted by molar-refractivity contribution is 8.00. The summed E-state index contributed by atoms with van der Waals surface area (Å²) in [5, 5.41) is 8.90. The van der Waals surface area contributed by atoms with E-state index >= 15 is 0 Å². The average molecular weight is 324 g/mol. The van der Waals surface area contributed by atoms with E-state index in [-0.39, 0.29) is 29.2 Å². The Morgan fingerprint density at radius 3 is 2.60 bits per heavy atom. The molecule has 0 aliphatic rings. The molecule has 0 atom stereocenters.